The monoisotopic (exact) mass is 293 g/mol. The molecule has 0 spiro atoms. The minimum absolute atomic E-state index is 0.194. The zero-order valence-corrected chi connectivity index (χ0v) is 13.8. The molecule has 0 N–H and O–H groups in total. The summed E-state index contributed by atoms with van der Waals surface area (Å²) in [6.45, 7) is 11.7. The van der Waals surface area contributed by atoms with Crippen LogP contribution in [-0.4, -0.2) is 23.4 Å². The molecule has 1 aliphatic rings. The number of nitrogens with zero attached hydrogens (tertiary/aromatic N) is 1. The van der Waals surface area contributed by atoms with Gasteiger partial charge >= 0.3 is 0 Å². The minimum Gasteiger partial charge on any atom is -0.338 e. The number of hydrogen-bond acceptors (Lipinski definition) is 1. The molecule has 1 amide bonds. The highest BCUT2D eigenvalue weighted by molar-refractivity contribution is 6.31. The van der Waals surface area contributed by atoms with Gasteiger partial charge in [0.1, 0.15) is 0 Å². The molecule has 110 valence electrons. The van der Waals surface area contributed by atoms with Crippen LogP contribution in [0, 0.1) is 18.3 Å². The first-order valence-corrected chi connectivity index (χ1v) is 7.65. The molecule has 1 aromatic rings. The van der Waals surface area contributed by atoms with Gasteiger partial charge in [0, 0.05) is 23.0 Å². The zero-order valence-electron chi connectivity index (χ0n) is 13.0. The molecule has 0 bridgehead atoms. The van der Waals surface area contributed by atoms with Crippen LogP contribution in [0.4, 0.5) is 0 Å². The van der Waals surface area contributed by atoms with Crippen LogP contribution in [0.5, 0.6) is 0 Å². The van der Waals surface area contributed by atoms with Gasteiger partial charge < -0.3 is 4.90 Å². The standard InChI is InChI=1S/C17H24ClNO/c1-11(2)16-17(4,5)10-19(16)15(20)9-13-12(3)7-6-8-14(13)18/h6-8,11,16H,9-10H2,1-5H3. The summed E-state index contributed by atoms with van der Waals surface area (Å²) in [5.41, 5.74) is 2.28. The van der Waals surface area contributed by atoms with E-state index in [1.807, 2.05) is 30.0 Å². The first-order valence-electron chi connectivity index (χ1n) is 7.27. The normalized spacial score (nSPS) is 20.9. The molecule has 1 saturated heterocycles. The lowest BCUT2D eigenvalue weighted by Gasteiger charge is -2.56. The smallest absolute Gasteiger partial charge is 0.227 e. The summed E-state index contributed by atoms with van der Waals surface area (Å²) in [5.74, 6) is 0.675. The molecule has 1 fully saturated rings. The molecule has 20 heavy (non-hydrogen) atoms. The van der Waals surface area contributed by atoms with E-state index >= 15 is 0 Å². The van der Waals surface area contributed by atoms with Crippen LogP contribution in [0.25, 0.3) is 0 Å². The average molecular weight is 294 g/mol. The maximum Gasteiger partial charge on any atom is 0.227 e. The fourth-order valence-electron chi connectivity index (χ4n) is 3.59. The predicted octanol–water partition coefficient (Wildman–Crippen LogP) is 4.08. The average Bonchev–Trinajstić information content (AvgIpc) is 2.30. The van der Waals surface area contributed by atoms with E-state index in [1.54, 1.807) is 0 Å². The molecule has 0 saturated carbocycles. The molecular formula is C17H24ClNO. The Bertz CT molecular complexity index is 501. The Labute approximate surface area is 127 Å². The molecule has 1 aliphatic heterocycles. The van der Waals surface area contributed by atoms with Crippen LogP contribution >= 0.6 is 11.6 Å². The van der Waals surface area contributed by atoms with E-state index in [2.05, 4.69) is 27.7 Å². The number of aryl methyl sites for hydroxylation is 1. The summed E-state index contributed by atoms with van der Waals surface area (Å²) in [7, 11) is 0. The maximum atomic E-state index is 12.6. The third-order valence-corrected chi connectivity index (χ3v) is 4.70. The van der Waals surface area contributed by atoms with Gasteiger partial charge in [-0.2, -0.15) is 0 Å². The molecule has 0 aliphatic carbocycles. The van der Waals surface area contributed by atoms with E-state index in [9.17, 15) is 4.79 Å². The summed E-state index contributed by atoms with van der Waals surface area (Å²) in [6, 6.07) is 6.12. The predicted molar refractivity (Wildman–Crippen MR) is 84.0 cm³/mol. The first kappa shape index (κ1) is 15.4. The molecule has 1 aromatic carbocycles. The lowest BCUT2D eigenvalue weighted by Crippen LogP contribution is -2.66. The van der Waals surface area contributed by atoms with Gasteiger partial charge in [-0.1, -0.05) is 51.4 Å². The van der Waals surface area contributed by atoms with Crippen LogP contribution in [0.1, 0.15) is 38.8 Å². The van der Waals surface area contributed by atoms with Crippen LogP contribution in [0.15, 0.2) is 18.2 Å². The topological polar surface area (TPSA) is 20.3 Å². The highest BCUT2D eigenvalue weighted by atomic mass is 35.5. The van der Waals surface area contributed by atoms with E-state index in [1.165, 1.54) is 0 Å². The number of benzene rings is 1. The fourth-order valence-corrected chi connectivity index (χ4v) is 3.88. The number of halogens is 1. The van der Waals surface area contributed by atoms with Gasteiger partial charge in [-0.15, -0.1) is 0 Å². The van der Waals surface area contributed by atoms with Gasteiger partial charge in [0.15, 0.2) is 0 Å². The van der Waals surface area contributed by atoms with E-state index in [0.29, 0.717) is 23.4 Å². The van der Waals surface area contributed by atoms with Crippen molar-refractivity contribution in [2.45, 2.75) is 47.1 Å². The number of rotatable bonds is 3. The Balaban J connectivity index is 2.14. The van der Waals surface area contributed by atoms with Crippen LogP contribution in [-0.2, 0) is 11.2 Å². The molecule has 2 rings (SSSR count). The van der Waals surface area contributed by atoms with Gasteiger partial charge in [0.05, 0.1) is 6.42 Å². The zero-order chi connectivity index (χ0) is 15.1. The van der Waals surface area contributed by atoms with Crippen LogP contribution < -0.4 is 0 Å². The summed E-state index contributed by atoms with van der Waals surface area (Å²) in [4.78, 5) is 14.6. The number of carbonyl (C=O) groups excluding carboxylic acids is 1. The summed E-state index contributed by atoms with van der Waals surface area (Å²) in [6.07, 6.45) is 0.408. The van der Waals surface area contributed by atoms with E-state index in [4.69, 9.17) is 11.6 Å². The highest BCUT2D eigenvalue weighted by Crippen LogP contribution is 2.41. The lowest BCUT2D eigenvalue weighted by atomic mass is 9.69. The number of carbonyl (C=O) groups is 1. The van der Waals surface area contributed by atoms with Crippen molar-refractivity contribution in [2.75, 3.05) is 6.54 Å². The Kier molecular flexibility index (Phi) is 4.15. The molecule has 1 unspecified atom stereocenters. The third-order valence-electron chi connectivity index (χ3n) is 4.35. The fraction of sp³-hybridized carbons (Fsp3) is 0.588. The first-order chi connectivity index (χ1) is 9.24. The SMILES string of the molecule is Cc1cccc(Cl)c1CC(=O)N1CC(C)(C)C1C(C)C. The quantitative estimate of drug-likeness (QED) is 0.822. The molecule has 1 heterocycles. The van der Waals surface area contributed by atoms with Crippen molar-refractivity contribution in [3.8, 4) is 0 Å². The number of hydrogen-bond donors (Lipinski definition) is 0. The molecule has 3 heteroatoms. The van der Waals surface area contributed by atoms with Gasteiger partial charge in [-0.05, 0) is 30.0 Å². The third kappa shape index (κ3) is 2.71. The van der Waals surface area contributed by atoms with Crippen molar-refractivity contribution >= 4 is 17.5 Å². The Hall–Kier alpha value is -1.02. The molecular weight excluding hydrogens is 270 g/mol. The van der Waals surface area contributed by atoms with Crippen molar-refractivity contribution in [1.82, 2.24) is 4.90 Å². The van der Waals surface area contributed by atoms with Gasteiger partial charge in [0.25, 0.3) is 0 Å². The second kappa shape index (κ2) is 5.40. The van der Waals surface area contributed by atoms with Crippen LogP contribution in [0.2, 0.25) is 5.02 Å². The molecule has 0 aromatic heterocycles. The van der Waals surface area contributed by atoms with E-state index in [0.717, 1.165) is 17.7 Å². The van der Waals surface area contributed by atoms with Crippen molar-refractivity contribution < 1.29 is 4.79 Å². The molecule has 1 atom stereocenters. The maximum absolute atomic E-state index is 12.6. The lowest BCUT2D eigenvalue weighted by molar-refractivity contribution is -0.154. The van der Waals surface area contributed by atoms with E-state index < -0.39 is 0 Å². The summed E-state index contributed by atoms with van der Waals surface area (Å²) < 4.78 is 0. The van der Waals surface area contributed by atoms with Crippen molar-refractivity contribution in [1.29, 1.82) is 0 Å². The number of likely N-dealkylation sites (tertiary alicyclic amines) is 1. The van der Waals surface area contributed by atoms with Gasteiger partial charge in [-0.3, -0.25) is 4.79 Å². The molecule has 2 nitrogen and oxygen atoms in total. The minimum atomic E-state index is 0.194. The Morgan fingerprint density at radius 1 is 1.45 bits per heavy atom. The highest BCUT2D eigenvalue weighted by Gasteiger charge is 2.49. The van der Waals surface area contributed by atoms with Gasteiger partial charge in [0.2, 0.25) is 5.91 Å². The second-order valence-corrected chi connectivity index (χ2v) is 7.32. The van der Waals surface area contributed by atoms with E-state index in [-0.39, 0.29) is 11.3 Å². The van der Waals surface area contributed by atoms with Gasteiger partial charge in [-0.25, -0.2) is 0 Å². The largest absolute Gasteiger partial charge is 0.338 e. The number of amides is 1. The van der Waals surface area contributed by atoms with Crippen molar-refractivity contribution in [2.24, 2.45) is 11.3 Å². The van der Waals surface area contributed by atoms with Crippen molar-refractivity contribution in [3.63, 3.8) is 0 Å². The molecule has 0 radical (unpaired) electrons. The van der Waals surface area contributed by atoms with Crippen LogP contribution in [0.3, 0.4) is 0 Å². The summed E-state index contributed by atoms with van der Waals surface area (Å²) >= 11 is 6.22. The Morgan fingerprint density at radius 2 is 2.10 bits per heavy atom. The van der Waals surface area contributed by atoms with Crippen molar-refractivity contribution in [3.05, 3.63) is 34.3 Å². The summed E-state index contributed by atoms with van der Waals surface area (Å²) in [5, 5.41) is 0.694. The second-order valence-electron chi connectivity index (χ2n) is 6.91. The Morgan fingerprint density at radius 3 is 2.60 bits per heavy atom.